The van der Waals surface area contributed by atoms with Crippen molar-refractivity contribution in [2.75, 3.05) is 36.1 Å². The molecule has 27 heavy (non-hydrogen) atoms. The van der Waals surface area contributed by atoms with Crippen molar-refractivity contribution < 1.29 is 13.2 Å². The lowest BCUT2D eigenvalue weighted by Crippen LogP contribution is -2.45. The average Bonchev–Trinajstić information content (AvgIpc) is 2.67. The van der Waals surface area contributed by atoms with Gasteiger partial charge in [0.15, 0.2) is 0 Å². The van der Waals surface area contributed by atoms with Crippen LogP contribution >= 0.6 is 0 Å². The molecule has 6 nitrogen and oxygen atoms in total. The first-order chi connectivity index (χ1) is 12.9. The van der Waals surface area contributed by atoms with Crippen LogP contribution in [0.3, 0.4) is 0 Å². The number of piperidine rings is 1. The van der Waals surface area contributed by atoms with Gasteiger partial charge in [-0.25, -0.2) is 8.42 Å². The smallest absolute Gasteiger partial charge is 0.239 e. The van der Waals surface area contributed by atoms with Gasteiger partial charge in [-0.3, -0.25) is 4.79 Å². The fourth-order valence-corrected chi connectivity index (χ4v) is 5.24. The van der Waals surface area contributed by atoms with E-state index in [4.69, 9.17) is 0 Å². The van der Waals surface area contributed by atoms with E-state index in [-0.39, 0.29) is 18.5 Å². The molecule has 0 radical (unpaired) electrons. The Balaban J connectivity index is 1.59. The highest BCUT2D eigenvalue weighted by molar-refractivity contribution is 7.88. The third-order valence-electron chi connectivity index (χ3n) is 5.58. The van der Waals surface area contributed by atoms with Crippen molar-refractivity contribution in [2.24, 2.45) is 0 Å². The highest BCUT2D eigenvalue weighted by Gasteiger charge is 2.29. The van der Waals surface area contributed by atoms with Gasteiger partial charge >= 0.3 is 0 Å². The average molecular weight is 394 g/mol. The Morgan fingerprint density at radius 3 is 2.22 bits per heavy atom. The van der Waals surface area contributed by atoms with Crippen molar-refractivity contribution in [3.05, 3.63) is 24.3 Å². The Hall–Kier alpha value is -1.60. The second-order valence-electron chi connectivity index (χ2n) is 7.74. The molecule has 1 aliphatic carbocycles. The maximum atomic E-state index is 12.5. The predicted octanol–water partition coefficient (Wildman–Crippen LogP) is 3.21. The molecular weight excluding hydrogens is 362 g/mol. The van der Waals surface area contributed by atoms with Crippen LogP contribution in [0.1, 0.15) is 51.4 Å². The Morgan fingerprint density at radius 1 is 1.04 bits per heavy atom. The first kappa shape index (κ1) is 20.1. The molecule has 0 unspecified atom stereocenters. The number of benzene rings is 1. The highest BCUT2D eigenvalue weighted by atomic mass is 32.2. The molecule has 1 aliphatic heterocycles. The molecule has 0 bridgehead atoms. The molecule has 0 spiro atoms. The minimum Gasteiger partial charge on any atom is -0.372 e. The SMILES string of the molecule is CS(=O)(=O)N(CC(=O)Nc1ccc(N2CCCCC2)cc1)C1CCCCC1. The Kier molecular flexibility index (Phi) is 6.76. The van der Waals surface area contributed by atoms with Crippen LogP contribution in [0.4, 0.5) is 11.4 Å². The van der Waals surface area contributed by atoms with Crippen LogP contribution in [0.2, 0.25) is 0 Å². The molecule has 3 rings (SSSR count). The third kappa shape index (κ3) is 5.69. The number of hydrogen-bond acceptors (Lipinski definition) is 4. The van der Waals surface area contributed by atoms with E-state index in [0.717, 1.165) is 45.2 Å². The largest absolute Gasteiger partial charge is 0.372 e. The minimum absolute atomic E-state index is 0.0547. The molecule has 150 valence electrons. The molecular formula is C20H31N3O3S. The lowest BCUT2D eigenvalue weighted by atomic mass is 9.95. The van der Waals surface area contributed by atoms with Crippen LogP contribution in [-0.2, 0) is 14.8 Å². The van der Waals surface area contributed by atoms with Gasteiger partial charge in [-0.05, 0) is 56.4 Å². The molecule has 1 aromatic carbocycles. The number of rotatable bonds is 6. The van der Waals surface area contributed by atoms with Gasteiger partial charge in [-0.1, -0.05) is 19.3 Å². The zero-order chi connectivity index (χ0) is 19.3. The maximum absolute atomic E-state index is 12.5. The number of nitrogens with one attached hydrogen (secondary N) is 1. The fourth-order valence-electron chi connectivity index (χ4n) is 4.14. The monoisotopic (exact) mass is 393 g/mol. The summed E-state index contributed by atoms with van der Waals surface area (Å²) in [6.07, 6.45) is 9.80. The van der Waals surface area contributed by atoms with Crippen molar-refractivity contribution in [3.63, 3.8) is 0 Å². The second-order valence-corrected chi connectivity index (χ2v) is 9.68. The van der Waals surface area contributed by atoms with Crippen molar-refractivity contribution in [3.8, 4) is 0 Å². The molecule has 1 amide bonds. The molecule has 2 aliphatic rings. The summed E-state index contributed by atoms with van der Waals surface area (Å²) in [4.78, 5) is 14.8. The van der Waals surface area contributed by atoms with Crippen LogP contribution in [0.25, 0.3) is 0 Å². The van der Waals surface area contributed by atoms with E-state index in [2.05, 4.69) is 10.2 Å². The van der Waals surface area contributed by atoms with Gasteiger partial charge in [0.1, 0.15) is 0 Å². The zero-order valence-electron chi connectivity index (χ0n) is 16.2. The van der Waals surface area contributed by atoms with E-state index in [1.165, 1.54) is 35.5 Å². The molecule has 0 atom stereocenters. The zero-order valence-corrected chi connectivity index (χ0v) is 17.0. The standard InChI is InChI=1S/C20H31N3O3S/c1-27(25,26)23(19-8-4-2-5-9-19)16-20(24)21-17-10-12-18(13-11-17)22-14-6-3-7-15-22/h10-13,19H,2-9,14-16H2,1H3,(H,21,24). The number of amides is 1. The highest BCUT2D eigenvalue weighted by Crippen LogP contribution is 2.25. The maximum Gasteiger partial charge on any atom is 0.239 e. The number of hydrogen-bond donors (Lipinski definition) is 1. The summed E-state index contributed by atoms with van der Waals surface area (Å²) in [7, 11) is -3.41. The lowest BCUT2D eigenvalue weighted by Gasteiger charge is -2.32. The topological polar surface area (TPSA) is 69.7 Å². The number of anilines is 2. The molecule has 2 fully saturated rings. The van der Waals surface area contributed by atoms with E-state index in [0.29, 0.717) is 5.69 Å². The normalized spacial score (nSPS) is 19.3. The van der Waals surface area contributed by atoms with Crippen LogP contribution in [0.15, 0.2) is 24.3 Å². The summed E-state index contributed by atoms with van der Waals surface area (Å²) >= 11 is 0. The van der Waals surface area contributed by atoms with Gasteiger partial charge in [0.25, 0.3) is 0 Å². The third-order valence-corrected chi connectivity index (χ3v) is 6.86. The molecule has 0 aromatic heterocycles. The number of carbonyl (C=O) groups is 1. The van der Waals surface area contributed by atoms with Gasteiger partial charge < -0.3 is 10.2 Å². The van der Waals surface area contributed by atoms with Gasteiger partial charge in [-0.2, -0.15) is 4.31 Å². The molecule has 1 N–H and O–H groups in total. The van der Waals surface area contributed by atoms with Crippen molar-refractivity contribution >= 4 is 27.3 Å². The second kappa shape index (κ2) is 9.06. The van der Waals surface area contributed by atoms with E-state index < -0.39 is 10.0 Å². The van der Waals surface area contributed by atoms with Crippen LogP contribution in [0, 0.1) is 0 Å². The summed E-state index contributed by atoms with van der Waals surface area (Å²) in [6.45, 7) is 2.05. The molecule has 1 saturated heterocycles. The minimum atomic E-state index is -3.41. The summed E-state index contributed by atoms with van der Waals surface area (Å²) in [5.41, 5.74) is 1.88. The van der Waals surface area contributed by atoms with Gasteiger partial charge in [0, 0.05) is 30.5 Å². The van der Waals surface area contributed by atoms with Crippen molar-refractivity contribution in [1.82, 2.24) is 4.31 Å². The summed E-state index contributed by atoms with van der Waals surface area (Å²) in [5, 5.41) is 2.85. The quantitative estimate of drug-likeness (QED) is 0.806. The number of sulfonamides is 1. The van der Waals surface area contributed by atoms with E-state index in [9.17, 15) is 13.2 Å². The van der Waals surface area contributed by atoms with Gasteiger partial charge in [-0.15, -0.1) is 0 Å². The Bertz CT molecular complexity index is 721. The van der Waals surface area contributed by atoms with E-state index in [1.807, 2.05) is 24.3 Å². The van der Waals surface area contributed by atoms with Crippen molar-refractivity contribution in [1.29, 1.82) is 0 Å². The first-order valence-corrected chi connectivity index (χ1v) is 11.9. The molecule has 1 heterocycles. The number of nitrogens with zero attached hydrogens (tertiary/aromatic N) is 2. The van der Waals surface area contributed by atoms with Crippen molar-refractivity contribution in [2.45, 2.75) is 57.4 Å². The lowest BCUT2D eigenvalue weighted by molar-refractivity contribution is -0.116. The summed E-state index contributed by atoms with van der Waals surface area (Å²) in [6, 6.07) is 7.79. The fraction of sp³-hybridized carbons (Fsp3) is 0.650. The van der Waals surface area contributed by atoms with Crippen LogP contribution in [0.5, 0.6) is 0 Å². The Labute approximate surface area is 163 Å². The van der Waals surface area contributed by atoms with E-state index in [1.54, 1.807) is 0 Å². The predicted molar refractivity (Wildman–Crippen MR) is 110 cm³/mol. The molecule has 1 aromatic rings. The first-order valence-electron chi connectivity index (χ1n) is 10.1. The summed E-state index contributed by atoms with van der Waals surface area (Å²) in [5.74, 6) is -0.281. The molecule has 1 saturated carbocycles. The van der Waals surface area contributed by atoms with Crippen LogP contribution in [-0.4, -0.2) is 50.6 Å². The number of carbonyl (C=O) groups excluding carboxylic acids is 1. The molecule has 7 heteroatoms. The van der Waals surface area contributed by atoms with Gasteiger partial charge in [0.2, 0.25) is 15.9 Å². The Morgan fingerprint density at radius 2 is 1.63 bits per heavy atom. The summed E-state index contributed by atoms with van der Waals surface area (Å²) < 4.78 is 25.7. The van der Waals surface area contributed by atoms with Crippen LogP contribution < -0.4 is 10.2 Å². The van der Waals surface area contributed by atoms with E-state index >= 15 is 0 Å². The van der Waals surface area contributed by atoms with Gasteiger partial charge in [0.05, 0.1) is 12.8 Å².